The molecule has 4 rings (SSSR count). The molecule has 0 spiro atoms. The fraction of sp³-hybridized carbons (Fsp3) is 0.310. The summed E-state index contributed by atoms with van der Waals surface area (Å²) in [6.07, 6.45) is 2.83. The second kappa shape index (κ2) is 11.9. The first-order chi connectivity index (χ1) is 18.2. The summed E-state index contributed by atoms with van der Waals surface area (Å²) >= 11 is 0. The van der Waals surface area contributed by atoms with Crippen LogP contribution in [0.3, 0.4) is 0 Å². The maximum atomic E-state index is 13.3. The lowest BCUT2D eigenvalue weighted by atomic mass is 10.0. The van der Waals surface area contributed by atoms with Gasteiger partial charge >= 0.3 is 0 Å². The molecule has 198 valence electrons. The number of nitrogens with one attached hydrogen (secondary N) is 2. The minimum atomic E-state index is -0.454. The highest BCUT2D eigenvalue weighted by Crippen LogP contribution is 2.19. The molecule has 0 saturated carbocycles. The van der Waals surface area contributed by atoms with E-state index in [2.05, 4.69) is 20.6 Å². The van der Waals surface area contributed by atoms with Gasteiger partial charge in [0.1, 0.15) is 5.70 Å². The van der Waals surface area contributed by atoms with E-state index in [1.165, 1.54) is 0 Å². The van der Waals surface area contributed by atoms with E-state index in [4.69, 9.17) is 5.73 Å². The van der Waals surface area contributed by atoms with Gasteiger partial charge in [0.15, 0.2) is 0 Å². The summed E-state index contributed by atoms with van der Waals surface area (Å²) in [7, 11) is 1.84. The SMILES string of the molecule is CC(C)=C/C(=N\C(C(=O)Nc1nc2ccccc2n1C)=C(/C)N)c1ccc(C(=O)N2CCCNCC2)cc1. The third-order valence-corrected chi connectivity index (χ3v) is 6.31. The molecule has 0 aliphatic carbocycles. The van der Waals surface area contributed by atoms with Crippen LogP contribution in [0.2, 0.25) is 0 Å². The molecule has 9 heteroatoms. The van der Waals surface area contributed by atoms with E-state index in [0.717, 1.165) is 48.2 Å². The molecule has 1 fully saturated rings. The lowest BCUT2D eigenvalue weighted by Crippen LogP contribution is -2.34. The predicted octanol–water partition coefficient (Wildman–Crippen LogP) is 3.59. The molecule has 2 aromatic carbocycles. The van der Waals surface area contributed by atoms with Gasteiger partial charge in [0.2, 0.25) is 5.95 Å². The molecule has 1 aromatic heterocycles. The van der Waals surface area contributed by atoms with Crippen LogP contribution >= 0.6 is 0 Å². The number of amides is 2. The molecule has 3 aromatic rings. The van der Waals surface area contributed by atoms with Crippen LogP contribution in [-0.2, 0) is 11.8 Å². The average molecular weight is 514 g/mol. The maximum Gasteiger partial charge on any atom is 0.278 e. The second-order valence-electron chi connectivity index (χ2n) is 9.66. The first-order valence-electron chi connectivity index (χ1n) is 12.8. The third-order valence-electron chi connectivity index (χ3n) is 6.31. The van der Waals surface area contributed by atoms with Crippen LogP contribution in [0.15, 0.2) is 76.6 Å². The Bertz CT molecular complexity index is 1410. The van der Waals surface area contributed by atoms with Gasteiger partial charge in [0, 0.05) is 43.5 Å². The number of para-hydroxylation sites is 2. The number of aliphatic imine (C=N–C) groups is 1. The number of carbonyl (C=O) groups is 2. The summed E-state index contributed by atoms with van der Waals surface area (Å²) in [5.74, 6) is -0.0358. The smallest absolute Gasteiger partial charge is 0.278 e. The number of aryl methyl sites for hydroxylation is 1. The van der Waals surface area contributed by atoms with Crippen molar-refractivity contribution in [2.45, 2.75) is 27.2 Å². The van der Waals surface area contributed by atoms with Crippen LogP contribution in [0.5, 0.6) is 0 Å². The molecule has 0 bridgehead atoms. The minimum absolute atomic E-state index is 0.0150. The standard InChI is InChI=1S/C29H35N7O2/c1-19(2)18-24(21-10-12-22(13-11-21)28(38)36-16-7-14-31-15-17-36)32-26(20(3)30)27(37)34-29-33-23-8-5-6-9-25(23)35(29)4/h5-6,8-13,18,31H,7,14-17,30H2,1-4H3,(H,33,34,37)/b26-20+,32-24+. The Kier molecular flexibility index (Phi) is 8.38. The number of imidazole rings is 1. The summed E-state index contributed by atoms with van der Waals surface area (Å²) < 4.78 is 1.81. The molecule has 9 nitrogen and oxygen atoms in total. The molecule has 4 N–H and O–H groups in total. The fourth-order valence-electron chi connectivity index (χ4n) is 4.33. The van der Waals surface area contributed by atoms with Crippen LogP contribution in [0, 0.1) is 0 Å². The monoisotopic (exact) mass is 513 g/mol. The number of benzene rings is 2. The van der Waals surface area contributed by atoms with Crippen molar-refractivity contribution in [2.24, 2.45) is 17.8 Å². The van der Waals surface area contributed by atoms with Crippen LogP contribution in [0.25, 0.3) is 11.0 Å². The average Bonchev–Trinajstić information content (AvgIpc) is 3.05. The van der Waals surface area contributed by atoms with Crippen molar-refractivity contribution >= 4 is 34.5 Å². The molecule has 0 radical (unpaired) electrons. The quantitative estimate of drug-likeness (QED) is 0.344. The zero-order chi connectivity index (χ0) is 27.2. The summed E-state index contributed by atoms with van der Waals surface area (Å²) in [6, 6.07) is 15.0. The largest absolute Gasteiger partial charge is 0.400 e. The van der Waals surface area contributed by atoms with Gasteiger partial charge in [-0.15, -0.1) is 0 Å². The van der Waals surface area contributed by atoms with Crippen molar-refractivity contribution in [1.29, 1.82) is 0 Å². The highest BCUT2D eigenvalue weighted by Gasteiger charge is 2.19. The van der Waals surface area contributed by atoms with E-state index in [-0.39, 0.29) is 17.3 Å². The molecule has 38 heavy (non-hydrogen) atoms. The molecule has 1 aliphatic heterocycles. The summed E-state index contributed by atoms with van der Waals surface area (Å²) in [4.78, 5) is 37.4. The van der Waals surface area contributed by atoms with Crippen LogP contribution in [0.4, 0.5) is 5.95 Å². The lowest BCUT2D eigenvalue weighted by Gasteiger charge is -2.20. The highest BCUT2D eigenvalue weighted by atomic mass is 16.2. The van der Waals surface area contributed by atoms with Crippen LogP contribution in [0.1, 0.15) is 43.1 Å². The number of allylic oxidation sites excluding steroid dienone is 3. The first kappa shape index (κ1) is 26.8. The number of carbonyl (C=O) groups excluding carboxylic acids is 2. The lowest BCUT2D eigenvalue weighted by molar-refractivity contribution is -0.113. The molecule has 1 saturated heterocycles. The molecular formula is C29H35N7O2. The van der Waals surface area contributed by atoms with Gasteiger partial charge in [-0.05, 0) is 64.1 Å². The third kappa shape index (κ3) is 6.18. The van der Waals surface area contributed by atoms with E-state index in [1.807, 2.05) is 85.0 Å². The Balaban J connectivity index is 1.61. The van der Waals surface area contributed by atoms with Gasteiger partial charge in [-0.1, -0.05) is 29.8 Å². The van der Waals surface area contributed by atoms with Crippen molar-refractivity contribution < 1.29 is 9.59 Å². The van der Waals surface area contributed by atoms with Crippen molar-refractivity contribution in [3.8, 4) is 0 Å². The van der Waals surface area contributed by atoms with Gasteiger partial charge in [-0.25, -0.2) is 9.98 Å². The van der Waals surface area contributed by atoms with Gasteiger partial charge in [0.25, 0.3) is 11.8 Å². The van der Waals surface area contributed by atoms with Crippen molar-refractivity contribution in [1.82, 2.24) is 19.8 Å². The van der Waals surface area contributed by atoms with Crippen LogP contribution in [-0.4, -0.2) is 58.2 Å². The van der Waals surface area contributed by atoms with E-state index < -0.39 is 5.91 Å². The van der Waals surface area contributed by atoms with E-state index >= 15 is 0 Å². The summed E-state index contributed by atoms with van der Waals surface area (Å²) in [5, 5.41) is 6.17. The highest BCUT2D eigenvalue weighted by molar-refractivity contribution is 6.13. The predicted molar refractivity (Wildman–Crippen MR) is 152 cm³/mol. The zero-order valence-corrected chi connectivity index (χ0v) is 22.4. The Morgan fingerprint density at radius 1 is 1.03 bits per heavy atom. The molecule has 2 amide bonds. The Morgan fingerprint density at radius 2 is 1.74 bits per heavy atom. The van der Waals surface area contributed by atoms with Crippen molar-refractivity contribution in [3.63, 3.8) is 0 Å². The maximum absolute atomic E-state index is 13.3. The number of nitrogens with zero attached hydrogens (tertiary/aromatic N) is 4. The number of hydrogen-bond acceptors (Lipinski definition) is 6. The normalized spacial score (nSPS) is 15.1. The minimum Gasteiger partial charge on any atom is -0.400 e. The number of hydrogen-bond donors (Lipinski definition) is 3. The zero-order valence-electron chi connectivity index (χ0n) is 22.4. The number of aromatic nitrogens is 2. The molecule has 1 aliphatic rings. The Morgan fingerprint density at radius 3 is 2.42 bits per heavy atom. The first-order valence-corrected chi connectivity index (χ1v) is 12.8. The number of anilines is 1. The molecular weight excluding hydrogens is 478 g/mol. The molecule has 0 atom stereocenters. The van der Waals surface area contributed by atoms with E-state index in [1.54, 1.807) is 6.92 Å². The number of nitrogens with two attached hydrogens (primary N) is 1. The summed E-state index contributed by atoms with van der Waals surface area (Å²) in [5.41, 5.74) is 11.2. The van der Waals surface area contributed by atoms with Gasteiger partial charge in [-0.3, -0.25) is 14.9 Å². The Hall–Kier alpha value is -4.24. The Labute approximate surface area is 223 Å². The van der Waals surface area contributed by atoms with Gasteiger partial charge in [0.05, 0.1) is 16.7 Å². The van der Waals surface area contributed by atoms with Gasteiger partial charge < -0.3 is 20.5 Å². The topological polar surface area (TPSA) is 118 Å². The second-order valence-corrected chi connectivity index (χ2v) is 9.66. The van der Waals surface area contributed by atoms with Gasteiger partial charge in [-0.2, -0.15) is 0 Å². The number of rotatable bonds is 6. The fourth-order valence-corrected chi connectivity index (χ4v) is 4.33. The molecule has 0 unspecified atom stereocenters. The van der Waals surface area contributed by atoms with Crippen molar-refractivity contribution in [3.05, 3.63) is 82.7 Å². The van der Waals surface area contributed by atoms with Crippen LogP contribution < -0.4 is 16.4 Å². The molecule has 2 heterocycles. The van der Waals surface area contributed by atoms with E-state index in [9.17, 15) is 9.59 Å². The number of fused-ring (bicyclic) bond motifs is 1. The van der Waals surface area contributed by atoms with E-state index in [0.29, 0.717) is 23.8 Å². The van der Waals surface area contributed by atoms with Crippen molar-refractivity contribution in [2.75, 3.05) is 31.5 Å². The summed E-state index contributed by atoms with van der Waals surface area (Å²) in [6.45, 7) is 8.71.